The molecule has 0 radical (unpaired) electrons. The van der Waals surface area contributed by atoms with Crippen LogP contribution in [0.2, 0.25) is 0 Å². The number of carboxylic acid groups (broad SMARTS) is 1. The predicted octanol–water partition coefficient (Wildman–Crippen LogP) is 3.34. The largest absolute Gasteiger partial charge is 0.493 e. The lowest BCUT2D eigenvalue weighted by molar-refractivity contribution is -0.131. The fraction of sp³-hybridized carbons (Fsp3) is 0.308. The first kappa shape index (κ1) is 14.6. The van der Waals surface area contributed by atoms with Crippen LogP contribution in [-0.2, 0) is 4.79 Å². The van der Waals surface area contributed by atoms with E-state index in [1.807, 2.05) is 13.8 Å². The summed E-state index contributed by atoms with van der Waals surface area (Å²) in [6, 6.07) is 3.49. The minimum absolute atomic E-state index is 0.0335. The van der Waals surface area contributed by atoms with Gasteiger partial charge >= 0.3 is 5.97 Å². The SMILES string of the molecule is COc1cc(C=CC(=O)O)c(Br)cc1OC(C)C. The maximum atomic E-state index is 10.5. The Labute approximate surface area is 114 Å². The molecule has 0 aliphatic carbocycles. The van der Waals surface area contributed by atoms with Crippen molar-refractivity contribution in [2.24, 2.45) is 0 Å². The van der Waals surface area contributed by atoms with E-state index >= 15 is 0 Å². The molecule has 1 rings (SSSR count). The number of methoxy groups -OCH3 is 1. The van der Waals surface area contributed by atoms with Crippen LogP contribution in [0.15, 0.2) is 22.7 Å². The molecule has 5 heteroatoms. The van der Waals surface area contributed by atoms with E-state index in [1.54, 1.807) is 19.2 Å². The molecule has 0 bridgehead atoms. The van der Waals surface area contributed by atoms with E-state index in [0.29, 0.717) is 17.1 Å². The smallest absolute Gasteiger partial charge is 0.328 e. The maximum absolute atomic E-state index is 10.5. The second-order valence-electron chi connectivity index (χ2n) is 3.86. The van der Waals surface area contributed by atoms with Gasteiger partial charge in [0.15, 0.2) is 11.5 Å². The molecule has 0 unspecified atom stereocenters. The van der Waals surface area contributed by atoms with Crippen molar-refractivity contribution < 1.29 is 19.4 Å². The van der Waals surface area contributed by atoms with Crippen molar-refractivity contribution in [2.75, 3.05) is 7.11 Å². The van der Waals surface area contributed by atoms with Crippen LogP contribution in [-0.4, -0.2) is 24.3 Å². The summed E-state index contributed by atoms with van der Waals surface area (Å²) < 4.78 is 11.6. The first-order chi connectivity index (χ1) is 8.43. The molecule has 0 aliphatic rings. The van der Waals surface area contributed by atoms with Gasteiger partial charge in [0, 0.05) is 10.5 Å². The number of benzene rings is 1. The molecule has 0 amide bonds. The van der Waals surface area contributed by atoms with Gasteiger partial charge in [-0.15, -0.1) is 0 Å². The van der Waals surface area contributed by atoms with Crippen LogP contribution in [0.5, 0.6) is 11.5 Å². The molecule has 0 aromatic heterocycles. The van der Waals surface area contributed by atoms with Crippen LogP contribution >= 0.6 is 15.9 Å². The maximum Gasteiger partial charge on any atom is 0.328 e. The summed E-state index contributed by atoms with van der Waals surface area (Å²) in [5, 5.41) is 8.61. The van der Waals surface area contributed by atoms with Gasteiger partial charge in [0.2, 0.25) is 0 Å². The molecule has 1 N–H and O–H groups in total. The summed E-state index contributed by atoms with van der Waals surface area (Å²) in [4.78, 5) is 10.5. The number of rotatable bonds is 5. The van der Waals surface area contributed by atoms with Gasteiger partial charge < -0.3 is 14.6 Å². The second-order valence-corrected chi connectivity index (χ2v) is 4.72. The summed E-state index contributed by atoms with van der Waals surface area (Å²) in [6.45, 7) is 3.84. The highest BCUT2D eigenvalue weighted by Crippen LogP contribution is 2.34. The second kappa shape index (κ2) is 6.44. The zero-order valence-electron chi connectivity index (χ0n) is 10.4. The molecule has 4 nitrogen and oxygen atoms in total. The van der Waals surface area contributed by atoms with Crippen molar-refractivity contribution in [1.29, 1.82) is 0 Å². The Balaban J connectivity index is 3.13. The van der Waals surface area contributed by atoms with Crippen LogP contribution < -0.4 is 9.47 Å². The van der Waals surface area contributed by atoms with Crippen LogP contribution in [0.4, 0.5) is 0 Å². The third kappa shape index (κ3) is 4.07. The molecular formula is C13H15BrO4. The Morgan fingerprint density at radius 3 is 2.56 bits per heavy atom. The topological polar surface area (TPSA) is 55.8 Å². The van der Waals surface area contributed by atoms with E-state index in [9.17, 15) is 4.79 Å². The third-order valence-electron chi connectivity index (χ3n) is 2.05. The molecule has 0 spiro atoms. The van der Waals surface area contributed by atoms with Gasteiger partial charge in [-0.25, -0.2) is 4.79 Å². The van der Waals surface area contributed by atoms with Gasteiger partial charge in [0.25, 0.3) is 0 Å². The average molecular weight is 315 g/mol. The molecule has 0 atom stereocenters. The Bertz CT molecular complexity index is 466. The monoisotopic (exact) mass is 314 g/mol. The standard InChI is InChI=1S/C13H15BrO4/c1-8(2)18-12-7-10(14)9(4-5-13(15)16)6-11(12)17-3/h4-8H,1-3H3,(H,15,16). The Hall–Kier alpha value is -1.49. The summed E-state index contributed by atoms with van der Waals surface area (Å²) in [5.41, 5.74) is 0.713. The summed E-state index contributed by atoms with van der Waals surface area (Å²) in [7, 11) is 1.54. The van der Waals surface area contributed by atoms with E-state index in [-0.39, 0.29) is 6.10 Å². The minimum Gasteiger partial charge on any atom is -0.493 e. The molecular weight excluding hydrogens is 300 g/mol. The van der Waals surface area contributed by atoms with Gasteiger partial charge in [-0.05, 0) is 37.6 Å². The molecule has 98 valence electrons. The van der Waals surface area contributed by atoms with Crippen molar-refractivity contribution >= 4 is 28.0 Å². The van der Waals surface area contributed by atoms with Crippen LogP contribution in [0.25, 0.3) is 6.08 Å². The van der Waals surface area contributed by atoms with Gasteiger partial charge in [-0.1, -0.05) is 15.9 Å². The van der Waals surface area contributed by atoms with E-state index in [0.717, 1.165) is 10.5 Å². The lowest BCUT2D eigenvalue weighted by Crippen LogP contribution is -2.06. The third-order valence-corrected chi connectivity index (χ3v) is 2.74. The normalized spacial score (nSPS) is 10.9. The van der Waals surface area contributed by atoms with E-state index in [1.165, 1.54) is 6.08 Å². The fourth-order valence-electron chi connectivity index (χ4n) is 1.35. The molecule has 18 heavy (non-hydrogen) atoms. The Morgan fingerprint density at radius 1 is 1.39 bits per heavy atom. The van der Waals surface area contributed by atoms with Crippen molar-refractivity contribution in [2.45, 2.75) is 20.0 Å². The van der Waals surface area contributed by atoms with Gasteiger partial charge in [-0.2, -0.15) is 0 Å². The number of aliphatic carboxylic acids is 1. The Kier molecular flexibility index (Phi) is 5.22. The Morgan fingerprint density at radius 2 is 2.06 bits per heavy atom. The van der Waals surface area contributed by atoms with Crippen LogP contribution in [0, 0.1) is 0 Å². The van der Waals surface area contributed by atoms with Crippen molar-refractivity contribution in [1.82, 2.24) is 0 Å². The number of halogens is 1. The number of carboxylic acids is 1. The quantitative estimate of drug-likeness (QED) is 0.847. The fourth-order valence-corrected chi connectivity index (χ4v) is 1.80. The molecule has 0 saturated heterocycles. The van der Waals surface area contributed by atoms with Gasteiger partial charge in [-0.3, -0.25) is 0 Å². The molecule has 0 saturated carbocycles. The van der Waals surface area contributed by atoms with Gasteiger partial charge in [0.05, 0.1) is 13.2 Å². The van der Waals surface area contributed by atoms with Crippen LogP contribution in [0.1, 0.15) is 19.4 Å². The number of ether oxygens (including phenoxy) is 2. The highest BCUT2D eigenvalue weighted by molar-refractivity contribution is 9.10. The van der Waals surface area contributed by atoms with Crippen molar-refractivity contribution in [3.63, 3.8) is 0 Å². The molecule has 0 fully saturated rings. The highest BCUT2D eigenvalue weighted by atomic mass is 79.9. The van der Waals surface area contributed by atoms with E-state index < -0.39 is 5.97 Å². The number of hydrogen-bond donors (Lipinski definition) is 1. The lowest BCUT2D eigenvalue weighted by atomic mass is 10.2. The summed E-state index contributed by atoms with van der Waals surface area (Å²) >= 11 is 3.37. The summed E-state index contributed by atoms with van der Waals surface area (Å²) in [5.74, 6) is 0.187. The molecule has 1 aromatic rings. The zero-order chi connectivity index (χ0) is 13.7. The average Bonchev–Trinajstić information content (AvgIpc) is 2.27. The first-order valence-corrected chi connectivity index (χ1v) is 6.18. The molecule has 0 aliphatic heterocycles. The van der Waals surface area contributed by atoms with E-state index in [4.69, 9.17) is 14.6 Å². The van der Waals surface area contributed by atoms with Crippen molar-refractivity contribution in [3.8, 4) is 11.5 Å². The minimum atomic E-state index is -0.997. The predicted molar refractivity (Wildman–Crippen MR) is 73.1 cm³/mol. The molecule has 1 aromatic carbocycles. The first-order valence-electron chi connectivity index (χ1n) is 5.39. The number of hydrogen-bond acceptors (Lipinski definition) is 3. The van der Waals surface area contributed by atoms with Crippen molar-refractivity contribution in [3.05, 3.63) is 28.2 Å². The van der Waals surface area contributed by atoms with E-state index in [2.05, 4.69) is 15.9 Å². The summed E-state index contributed by atoms with van der Waals surface area (Å²) in [6.07, 6.45) is 2.60. The highest BCUT2D eigenvalue weighted by Gasteiger charge is 2.10. The van der Waals surface area contributed by atoms with Gasteiger partial charge in [0.1, 0.15) is 0 Å². The molecule has 0 heterocycles. The lowest BCUT2D eigenvalue weighted by Gasteiger charge is -2.15. The van der Waals surface area contributed by atoms with Crippen LogP contribution in [0.3, 0.4) is 0 Å². The number of carbonyl (C=O) groups is 1. The zero-order valence-corrected chi connectivity index (χ0v) is 12.0.